The summed E-state index contributed by atoms with van der Waals surface area (Å²) in [7, 11) is 0. The van der Waals surface area contributed by atoms with Gasteiger partial charge in [-0.25, -0.2) is 4.79 Å². The topological polar surface area (TPSA) is 145 Å². The van der Waals surface area contributed by atoms with Gasteiger partial charge < -0.3 is 20.6 Å². The van der Waals surface area contributed by atoms with Crippen LogP contribution >= 0.6 is 11.6 Å². The van der Waals surface area contributed by atoms with E-state index in [9.17, 15) is 30.2 Å². The van der Waals surface area contributed by atoms with Gasteiger partial charge in [0, 0.05) is 34.0 Å². The minimum absolute atomic E-state index is 0.0147. The monoisotopic (exact) mass is 377 g/mol. The number of carbonyl (C=O) groups is 1. The number of nitro benzene ring substituents is 1. The molecule has 3 rings (SSSR count). The molecule has 10 heteroatoms. The summed E-state index contributed by atoms with van der Waals surface area (Å²) in [6, 6.07) is 7.90. The number of benzodiazepines with no additional fused rings is 1. The highest BCUT2D eigenvalue weighted by atomic mass is 35.5. The van der Waals surface area contributed by atoms with Gasteiger partial charge in [-0.2, -0.15) is 0 Å². The van der Waals surface area contributed by atoms with Gasteiger partial charge in [-0.1, -0.05) is 29.8 Å². The van der Waals surface area contributed by atoms with Gasteiger partial charge in [-0.15, -0.1) is 0 Å². The fourth-order valence-electron chi connectivity index (χ4n) is 2.60. The Labute approximate surface area is 151 Å². The van der Waals surface area contributed by atoms with E-state index in [0.717, 1.165) is 12.1 Å². The fraction of sp³-hybridized carbons (Fsp3) is 0.125. The number of aliphatic hydroxyl groups is 2. The van der Waals surface area contributed by atoms with Crippen molar-refractivity contribution in [2.24, 2.45) is 4.99 Å². The molecular formula is C16H12ClN3O6. The van der Waals surface area contributed by atoms with Crippen molar-refractivity contribution < 1.29 is 25.0 Å². The van der Waals surface area contributed by atoms with Gasteiger partial charge >= 0.3 is 5.97 Å². The van der Waals surface area contributed by atoms with Gasteiger partial charge in [-0.05, 0) is 12.1 Å². The highest BCUT2D eigenvalue weighted by molar-refractivity contribution is 6.36. The number of aliphatic imine (C=N–C) groups is 1. The van der Waals surface area contributed by atoms with E-state index >= 15 is 0 Å². The van der Waals surface area contributed by atoms with Crippen LogP contribution in [-0.4, -0.2) is 43.9 Å². The molecule has 0 fully saturated rings. The molecule has 1 heterocycles. The number of non-ortho nitro benzene ring substituents is 1. The molecule has 134 valence electrons. The minimum Gasteiger partial charge on any atom is -0.479 e. The number of carboxylic acids is 1. The number of halogens is 1. The molecule has 0 saturated carbocycles. The number of nitro groups is 1. The van der Waals surface area contributed by atoms with E-state index in [1.54, 1.807) is 18.2 Å². The summed E-state index contributed by atoms with van der Waals surface area (Å²) in [6.07, 6.45) is 0. The lowest BCUT2D eigenvalue weighted by molar-refractivity contribution is -0.384. The van der Waals surface area contributed by atoms with Crippen LogP contribution in [0.5, 0.6) is 0 Å². The molecule has 9 nitrogen and oxygen atoms in total. The lowest BCUT2D eigenvalue weighted by atomic mass is 10.00. The highest BCUT2D eigenvalue weighted by Crippen LogP contribution is 2.33. The first-order valence-corrected chi connectivity index (χ1v) is 7.66. The van der Waals surface area contributed by atoms with Crippen molar-refractivity contribution in [3.05, 3.63) is 68.7 Å². The predicted molar refractivity (Wildman–Crippen MR) is 92.4 cm³/mol. The van der Waals surface area contributed by atoms with E-state index in [1.165, 1.54) is 12.1 Å². The van der Waals surface area contributed by atoms with Gasteiger partial charge in [0.2, 0.25) is 6.04 Å². The Balaban J connectivity index is 2.33. The van der Waals surface area contributed by atoms with Crippen LogP contribution < -0.4 is 5.32 Å². The average molecular weight is 378 g/mol. The zero-order chi connectivity index (χ0) is 19.1. The van der Waals surface area contributed by atoms with Crippen molar-refractivity contribution in [1.29, 1.82) is 0 Å². The second-order valence-corrected chi connectivity index (χ2v) is 5.94. The molecule has 0 amide bonds. The lowest BCUT2D eigenvalue weighted by Crippen LogP contribution is -2.51. The molecule has 0 spiro atoms. The smallest absolute Gasteiger partial charge is 0.336 e. The Morgan fingerprint density at radius 2 is 1.92 bits per heavy atom. The Hall–Kier alpha value is -3.01. The maximum atomic E-state index is 11.5. The summed E-state index contributed by atoms with van der Waals surface area (Å²) in [5.74, 6) is -4.52. The molecule has 0 saturated heterocycles. The third-order valence-corrected chi connectivity index (χ3v) is 4.12. The van der Waals surface area contributed by atoms with E-state index in [4.69, 9.17) is 11.6 Å². The molecule has 26 heavy (non-hydrogen) atoms. The average Bonchev–Trinajstić information content (AvgIpc) is 2.67. The van der Waals surface area contributed by atoms with Crippen LogP contribution in [-0.2, 0) is 4.79 Å². The zero-order valence-electron chi connectivity index (χ0n) is 13.0. The third kappa shape index (κ3) is 3.10. The zero-order valence-corrected chi connectivity index (χ0v) is 13.7. The van der Waals surface area contributed by atoms with E-state index in [-0.39, 0.29) is 27.7 Å². The second kappa shape index (κ2) is 6.37. The first-order valence-electron chi connectivity index (χ1n) is 7.28. The molecule has 4 N–H and O–H groups in total. The molecule has 0 aliphatic carbocycles. The van der Waals surface area contributed by atoms with Gasteiger partial charge in [0.15, 0.2) is 0 Å². The van der Waals surface area contributed by atoms with Crippen LogP contribution in [0.2, 0.25) is 5.02 Å². The number of fused-ring (bicyclic) bond motifs is 1. The molecular weight excluding hydrogens is 366 g/mol. The summed E-state index contributed by atoms with van der Waals surface area (Å²) >= 11 is 6.17. The van der Waals surface area contributed by atoms with E-state index in [1.807, 2.05) is 0 Å². The standard InChI is InChI=1S/C16H12ClN3O6/c17-11-4-2-1-3-9(11)13-10-7-8(20(25)26)5-6-12(10)19-16(23,24)14(18-13)15(21)22/h1-7,14,19,23-24H,(H,21,22). The molecule has 1 aliphatic rings. The van der Waals surface area contributed by atoms with Crippen molar-refractivity contribution >= 4 is 34.7 Å². The maximum absolute atomic E-state index is 11.5. The molecule has 2 aromatic carbocycles. The molecule has 1 unspecified atom stereocenters. The van der Waals surface area contributed by atoms with E-state index in [2.05, 4.69) is 10.3 Å². The Morgan fingerprint density at radius 1 is 1.23 bits per heavy atom. The van der Waals surface area contributed by atoms with Gasteiger partial charge in [0.05, 0.1) is 10.6 Å². The number of nitrogens with zero attached hydrogens (tertiary/aromatic N) is 2. The fourth-order valence-corrected chi connectivity index (χ4v) is 2.83. The van der Waals surface area contributed by atoms with Crippen LogP contribution in [0, 0.1) is 10.1 Å². The number of nitrogens with one attached hydrogen (secondary N) is 1. The number of aliphatic carboxylic acids is 1. The highest BCUT2D eigenvalue weighted by Gasteiger charge is 2.44. The molecule has 0 bridgehead atoms. The number of anilines is 1. The van der Waals surface area contributed by atoms with Crippen molar-refractivity contribution in [3.63, 3.8) is 0 Å². The number of rotatable bonds is 3. The Bertz CT molecular complexity index is 943. The van der Waals surface area contributed by atoms with Crippen molar-refractivity contribution in [3.8, 4) is 0 Å². The van der Waals surface area contributed by atoms with Crippen LogP contribution in [0.4, 0.5) is 11.4 Å². The molecule has 0 radical (unpaired) electrons. The maximum Gasteiger partial charge on any atom is 0.336 e. The molecule has 0 aromatic heterocycles. The summed E-state index contributed by atoms with van der Waals surface area (Å²) in [6.45, 7) is 0. The number of hydrogen-bond acceptors (Lipinski definition) is 7. The van der Waals surface area contributed by atoms with Gasteiger partial charge in [-0.3, -0.25) is 15.1 Å². The number of hydrogen-bond donors (Lipinski definition) is 4. The quantitative estimate of drug-likeness (QED) is 0.361. The van der Waals surface area contributed by atoms with Gasteiger partial charge in [0.1, 0.15) is 0 Å². The Morgan fingerprint density at radius 3 is 2.54 bits per heavy atom. The molecule has 2 aromatic rings. The second-order valence-electron chi connectivity index (χ2n) is 5.54. The number of benzene rings is 2. The van der Waals surface area contributed by atoms with Gasteiger partial charge in [0.25, 0.3) is 11.6 Å². The van der Waals surface area contributed by atoms with E-state index < -0.39 is 22.8 Å². The molecule has 1 aliphatic heterocycles. The van der Waals surface area contributed by atoms with Crippen LogP contribution in [0.1, 0.15) is 11.1 Å². The van der Waals surface area contributed by atoms with Crippen molar-refractivity contribution in [2.45, 2.75) is 12.0 Å². The minimum atomic E-state index is -2.92. The SMILES string of the molecule is O=C(O)C1N=C(c2ccccc2Cl)c2cc([N+](=O)[O-])ccc2NC1(O)O. The summed E-state index contributed by atoms with van der Waals surface area (Å²) in [5.41, 5.74) is 0.174. The summed E-state index contributed by atoms with van der Waals surface area (Å²) in [5, 5.41) is 43.2. The first-order chi connectivity index (χ1) is 12.2. The van der Waals surface area contributed by atoms with Crippen LogP contribution in [0.3, 0.4) is 0 Å². The Kier molecular flexibility index (Phi) is 4.36. The third-order valence-electron chi connectivity index (χ3n) is 3.79. The summed E-state index contributed by atoms with van der Waals surface area (Å²) in [4.78, 5) is 25.9. The van der Waals surface area contributed by atoms with Crippen molar-refractivity contribution in [1.82, 2.24) is 0 Å². The molecule has 1 atom stereocenters. The number of carboxylic acid groups (broad SMARTS) is 1. The normalized spacial score (nSPS) is 18.1. The largest absolute Gasteiger partial charge is 0.479 e. The van der Waals surface area contributed by atoms with Crippen molar-refractivity contribution in [2.75, 3.05) is 5.32 Å². The lowest BCUT2D eigenvalue weighted by Gasteiger charge is -2.25. The first kappa shape index (κ1) is 17.8. The van der Waals surface area contributed by atoms with E-state index in [0.29, 0.717) is 5.56 Å². The van der Waals surface area contributed by atoms with Crippen LogP contribution in [0.15, 0.2) is 47.5 Å². The summed E-state index contributed by atoms with van der Waals surface area (Å²) < 4.78 is 0. The predicted octanol–water partition coefficient (Wildman–Crippen LogP) is 1.60. The van der Waals surface area contributed by atoms with Crippen LogP contribution in [0.25, 0.3) is 0 Å².